The fourth-order valence-corrected chi connectivity index (χ4v) is 18.8. The van der Waals surface area contributed by atoms with Gasteiger partial charge in [-0.3, -0.25) is 0 Å². The summed E-state index contributed by atoms with van der Waals surface area (Å²) < 4.78 is 5.12. The number of nitrogens with zero attached hydrogens (tertiary/aromatic N) is 2. The van der Waals surface area contributed by atoms with E-state index in [9.17, 15) is 0 Å². The molecule has 4 heteroatoms. The first-order chi connectivity index (χ1) is 45.3. The second-order valence-corrected chi connectivity index (χ2v) is 27.4. The predicted molar refractivity (Wildman–Crippen MR) is 393 cm³/mol. The fourth-order valence-electron chi connectivity index (χ4n) is 16.5. The molecule has 0 aliphatic heterocycles. The molecule has 0 unspecified atom stereocenters. The minimum Gasteiger partial charge on any atom is -0.310 e. The Kier molecular flexibility index (Phi) is 12.4. The van der Waals surface area contributed by atoms with Gasteiger partial charge in [-0.15, -0.1) is 22.7 Å². The molecule has 2 aromatic heterocycles. The molecule has 0 amide bonds. The van der Waals surface area contributed by atoms with E-state index in [0.29, 0.717) is 0 Å². The number of fused-ring (bicyclic) bond motifs is 15. The third-order valence-electron chi connectivity index (χ3n) is 20.3. The van der Waals surface area contributed by atoms with Crippen LogP contribution in [0.25, 0.3) is 73.4 Å². The third-order valence-corrected chi connectivity index (χ3v) is 22.5. The van der Waals surface area contributed by atoms with Crippen LogP contribution in [0, 0.1) is 27.7 Å². The van der Waals surface area contributed by atoms with E-state index in [1.165, 1.54) is 152 Å². The Morgan fingerprint density at radius 3 is 0.913 bits per heavy atom. The van der Waals surface area contributed by atoms with Crippen molar-refractivity contribution in [1.29, 1.82) is 0 Å². The maximum Gasteiger partial charge on any atom is 0.0714 e. The number of para-hydroxylation sites is 2. The van der Waals surface area contributed by atoms with E-state index in [4.69, 9.17) is 0 Å². The lowest BCUT2D eigenvalue weighted by molar-refractivity contribution is 0.768. The van der Waals surface area contributed by atoms with Crippen LogP contribution in [0.2, 0.25) is 0 Å². The topological polar surface area (TPSA) is 6.48 Å². The maximum absolute atomic E-state index is 2.52. The van der Waals surface area contributed by atoms with E-state index >= 15 is 0 Å². The molecule has 0 spiro atoms. The van der Waals surface area contributed by atoms with Crippen LogP contribution >= 0.6 is 22.7 Å². The van der Waals surface area contributed by atoms with Crippen LogP contribution in [0.3, 0.4) is 0 Å². The molecule has 0 atom stereocenters. The summed E-state index contributed by atoms with van der Waals surface area (Å²) in [5.74, 6) is 0. The van der Waals surface area contributed by atoms with Crippen molar-refractivity contribution in [2.75, 3.05) is 9.80 Å². The van der Waals surface area contributed by atoms with Crippen molar-refractivity contribution in [3.8, 4) is 22.3 Å². The van der Waals surface area contributed by atoms with Crippen molar-refractivity contribution in [2.24, 2.45) is 0 Å². The second kappa shape index (κ2) is 21.0. The first kappa shape index (κ1) is 54.3. The maximum atomic E-state index is 2.52. The number of hydrogen-bond donors (Lipinski definition) is 0. The van der Waals surface area contributed by atoms with Crippen molar-refractivity contribution in [3.05, 3.63) is 370 Å². The predicted octanol–water partition coefficient (Wildman–Crippen LogP) is 24.5. The molecule has 436 valence electrons. The zero-order chi connectivity index (χ0) is 61.4. The molecule has 16 aromatic rings. The van der Waals surface area contributed by atoms with Gasteiger partial charge in [-0.2, -0.15) is 0 Å². The highest BCUT2D eigenvalue weighted by atomic mass is 32.1. The van der Waals surface area contributed by atoms with Gasteiger partial charge in [0, 0.05) is 63.1 Å². The second-order valence-electron chi connectivity index (χ2n) is 25.2. The van der Waals surface area contributed by atoms with E-state index in [-0.39, 0.29) is 0 Å². The first-order valence-electron chi connectivity index (χ1n) is 32.0. The van der Waals surface area contributed by atoms with Gasteiger partial charge in [0.2, 0.25) is 0 Å². The van der Waals surface area contributed by atoms with Gasteiger partial charge in [0.15, 0.2) is 0 Å². The summed E-state index contributed by atoms with van der Waals surface area (Å²) in [7, 11) is 0. The molecule has 0 saturated heterocycles. The van der Waals surface area contributed by atoms with Crippen LogP contribution < -0.4 is 9.80 Å². The molecule has 2 aliphatic rings. The zero-order valence-corrected chi connectivity index (χ0v) is 53.2. The number of anilines is 6. The van der Waals surface area contributed by atoms with Gasteiger partial charge in [-0.1, -0.05) is 243 Å². The Morgan fingerprint density at radius 2 is 0.543 bits per heavy atom. The standard InChI is InChI=1S/C88H62N2S2/c1-55-23-19-24-56(2)85(55)89(63-33-21-31-61(51-63)87(59-27-7-5-8-28-59)75-39-15-11-35-67(75)68-36-12-16-40-76(68)87)65-43-45-73-81(53-65)91-79-49-47-72-71(83(73)79)48-50-80-84(72)74-46-44-66(54-82(74)92-80)90(86-57(3)25-20-26-58(86)4)64-34-22-32-62(52-64)88(60-29-9-6-10-30-60)77-41-17-13-37-69(77)70-38-14-18-42-78(70)88/h5-54H,1-4H3. The quantitative estimate of drug-likeness (QED) is 0.135. The number of rotatable bonds is 10. The summed E-state index contributed by atoms with van der Waals surface area (Å²) in [6.45, 7) is 9.02. The largest absolute Gasteiger partial charge is 0.310 e. The Balaban J connectivity index is 0.771. The normalized spacial score (nSPS) is 13.4. The van der Waals surface area contributed by atoms with Crippen molar-refractivity contribution >= 4 is 108 Å². The van der Waals surface area contributed by atoms with Crippen LogP contribution in [0.5, 0.6) is 0 Å². The van der Waals surface area contributed by atoms with Crippen molar-refractivity contribution in [2.45, 2.75) is 38.5 Å². The average molecular weight is 1210 g/mol. The summed E-state index contributed by atoms with van der Waals surface area (Å²) in [6.07, 6.45) is 0. The summed E-state index contributed by atoms with van der Waals surface area (Å²) in [4.78, 5) is 5.04. The van der Waals surface area contributed by atoms with E-state index in [2.05, 4.69) is 341 Å². The Labute approximate surface area is 544 Å². The van der Waals surface area contributed by atoms with Gasteiger partial charge in [0.25, 0.3) is 0 Å². The molecule has 2 heterocycles. The van der Waals surface area contributed by atoms with Gasteiger partial charge in [-0.05, 0) is 188 Å². The SMILES string of the molecule is Cc1cccc(C)c1N(c1cccc(C2(c3ccccc3)c3ccccc3-c3ccccc32)c1)c1ccc2c(c1)sc1ccc3c(ccc4sc5cc(N(c6cccc(C7(c8ccccc8)c8ccccc8-c8ccccc87)c6)c6c(C)cccc6C)ccc5c43)c12. The first-order valence-corrected chi connectivity index (χ1v) is 33.6. The van der Waals surface area contributed by atoms with E-state index in [0.717, 1.165) is 22.7 Å². The summed E-state index contributed by atoms with van der Waals surface area (Å²) in [5.41, 5.74) is 26.2. The molecule has 0 fully saturated rings. The molecule has 18 rings (SSSR count). The van der Waals surface area contributed by atoms with Crippen LogP contribution in [0.15, 0.2) is 303 Å². The molecule has 92 heavy (non-hydrogen) atoms. The Bertz CT molecular complexity index is 5190. The van der Waals surface area contributed by atoms with E-state index in [1.54, 1.807) is 0 Å². The van der Waals surface area contributed by atoms with Gasteiger partial charge < -0.3 is 9.80 Å². The molecular weight excluding hydrogens is 1150 g/mol. The van der Waals surface area contributed by atoms with Gasteiger partial charge in [-0.25, -0.2) is 0 Å². The molecule has 0 bridgehead atoms. The molecule has 0 saturated carbocycles. The highest BCUT2D eigenvalue weighted by Crippen LogP contribution is 2.59. The molecule has 0 radical (unpaired) electrons. The minimum atomic E-state index is -0.521. The Hall–Kier alpha value is -10.6. The van der Waals surface area contributed by atoms with Gasteiger partial charge in [0.05, 0.1) is 22.2 Å². The van der Waals surface area contributed by atoms with Crippen LogP contribution in [0.4, 0.5) is 34.1 Å². The fraction of sp³-hybridized carbons (Fsp3) is 0.0682. The van der Waals surface area contributed by atoms with Crippen molar-refractivity contribution in [1.82, 2.24) is 0 Å². The van der Waals surface area contributed by atoms with Crippen molar-refractivity contribution in [3.63, 3.8) is 0 Å². The highest BCUT2D eigenvalue weighted by Gasteiger charge is 2.48. The van der Waals surface area contributed by atoms with Crippen LogP contribution in [0.1, 0.15) is 66.8 Å². The number of aryl methyl sites for hydroxylation is 4. The zero-order valence-electron chi connectivity index (χ0n) is 51.6. The molecule has 0 N–H and O–H groups in total. The number of thiophene rings is 2. The minimum absolute atomic E-state index is 0.521. The van der Waals surface area contributed by atoms with E-state index in [1.807, 2.05) is 22.7 Å². The van der Waals surface area contributed by atoms with Gasteiger partial charge >= 0.3 is 0 Å². The lowest BCUT2D eigenvalue weighted by Crippen LogP contribution is -2.28. The average Bonchev–Trinajstić information content (AvgIpc) is 1.56. The Morgan fingerprint density at radius 1 is 0.239 bits per heavy atom. The number of hydrogen-bond acceptors (Lipinski definition) is 4. The molecule has 2 nitrogen and oxygen atoms in total. The van der Waals surface area contributed by atoms with E-state index < -0.39 is 10.8 Å². The highest BCUT2D eigenvalue weighted by molar-refractivity contribution is 7.26. The monoisotopic (exact) mass is 1210 g/mol. The van der Waals surface area contributed by atoms with Crippen molar-refractivity contribution < 1.29 is 0 Å². The number of benzene rings is 14. The smallest absolute Gasteiger partial charge is 0.0714 e. The van der Waals surface area contributed by atoms with Gasteiger partial charge in [0.1, 0.15) is 0 Å². The lowest BCUT2D eigenvalue weighted by atomic mass is 9.67. The summed E-state index contributed by atoms with van der Waals surface area (Å²) in [5, 5.41) is 7.77. The summed E-state index contributed by atoms with van der Waals surface area (Å²) >= 11 is 3.79. The third kappa shape index (κ3) is 7.84. The molecular formula is C88H62N2S2. The molecule has 14 aromatic carbocycles. The summed E-state index contributed by atoms with van der Waals surface area (Å²) in [6, 6.07) is 115. The van der Waals surface area contributed by atoms with Crippen LogP contribution in [-0.4, -0.2) is 0 Å². The molecule has 2 aliphatic carbocycles. The van der Waals surface area contributed by atoms with Crippen LogP contribution in [-0.2, 0) is 10.8 Å². The lowest BCUT2D eigenvalue weighted by Gasteiger charge is -2.35.